The lowest BCUT2D eigenvalue weighted by Crippen LogP contribution is -2.40. The van der Waals surface area contributed by atoms with Gasteiger partial charge in [-0.2, -0.15) is 0 Å². The molecule has 3 nitrogen and oxygen atoms in total. The van der Waals surface area contributed by atoms with Gasteiger partial charge in [-0.15, -0.1) is 0 Å². The molecular formula is C9H16N2O. The van der Waals surface area contributed by atoms with Crippen molar-refractivity contribution in [3.63, 3.8) is 0 Å². The molecule has 0 aromatic heterocycles. The lowest BCUT2D eigenvalue weighted by molar-refractivity contribution is 0.291. The fourth-order valence-electron chi connectivity index (χ4n) is 1.81. The van der Waals surface area contributed by atoms with Crippen LogP contribution in [0.3, 0.4) is 0 Å². The van der Waals surface area contributed by atoms with Crippen LogP contribution in [-0.4, -0.2) is 31.6 Å². The van der Waals surface area contributed by atoms with Crippen LogP contribution in [0.15, 0.2) is 4.99 Å². The minimum atomic E-state index is 0.545. The van der Waals surface area contributed by atoms with E-state index in [0.29, 0.717) is 12.0 Å². The van der Waals surface area contributed by atoms with Crippen LogP contribution in [-0.2, 0) is 4.74 Å². The Morgan fingerprint density at radius 3 is 3.00 bits per heavy atom. The molecule has 2 atom stereocenters. The van der Waals surface area contributed by atoms with Crippen molar-refractivity contribution in [1.82, 2.24) is 5.32 Å². The van der Waals surface area contributed by atoms with E-state index in [1.165, 1.54) is 12.8 Å². The van der Waals surface area contributed by atoms with Gasteiger partial charge in [-0.05, 0) is 19.8 Å². The Morgan fingerprint density at radius 2 is 2.42 bits per heavy atom. The number of aliphatic imine (C=N–C) groups is 1. The van der Waals surface area contributed by atoms with Crippen molar-refractivity contribution in [2.75, 3.05) is 19.7 Å². The lowest BCUT2D eigenvalue weighted by Gasteiger charge is -2.26. The van der Waals surface area contributed by atoms with E-state index in [9.17, 15) is 0 Å². The second-order valence-electron chi connectivity index (χ2n) is 3.65. The second kappa shape index (κ2) is 3.44. The highest BCUT2D eigenvalue weighted by molar-refractivity contribution is 5.80. The predicted octanol–water partition coefficient (Wildman–Crippen LogP) is 0.803. The first-order chi connectivity index (χ1) is 5.86. The van der Waals surface area contributed by atoms with Gasteiger partial charge in [0.2, 0.25) is 0 Å². The third kappa shape index (κ3) is 1.61. The van der Waals surface area contributed by atoms with Gasteiger partial charge in [-0.3, -0.25) is 4.99 Å². The standard InChI is InChI=1S/C9H16N2O/c1-7-2-3-8(6-11-7)9-10-4-5-12-9/h7-8,11H,2-6H2,1H3/t7-,8?/m1/s1. The fraction of sp³-hybridized carbons (Fsp3) is 0.889. The zero-order valence-electron chi connectivity index (χ0n) is 7.55. The van der Waals surface area contributed by atoms with E-state index in [4.69, 9.17) is 4.74 Å². The topological polar surface area (TPSA) is 33.6 Å². The molecule has 1 unspecified atom stereocenters. The van der Waals surface area contributed by atoms with E-state index in [2.05, 4.69) is 17.2 Å². The average molecular weight is 168 g/mol. The molecule has 3 heteroatoms. The number of nitrogens with zero attached hydrogens (tertiary/aromatic N) is 1. The van der Waals surface area contributed by atoms with Gasteiger partial charge in [0.05, 0.1) is 6.54 Å². The Morgan fingerprint density at radius 1 is 1.50 bits per heavy atom. The smallest absolute Gasteiger partial charge is 0.187 e. The summed E-state index contributed by atoms with van der Waals surface area (Å²) >= 11 is 0. The summed E-state index contributed by atoms with van der Waals surface area (Å²) in [7, 11) is 0. The Balaban J connectivity index is 1.88. The molecule has 0 aromatic carbocycles. The maximum Gasteiger partial charge on any atom is 0.187 e. The number of hydrogen-bond donors (Lipinski definition) is 1. The van der Waals surface area contributed by atoms with Crippen molar-refractivity contribution in [1.29, 1.82) is 0 Å². The molecule has 0 amide bonds. The molecule has 0 bridgehead atoms. The first-order valence-corrected chi connectivity index (χ1v) is 4.77. The van der Waals surface area contributed by atoms with Crippen LogP contribution in [0.4, 0.5) is 0 Å². The zero-order valence-corrected chi connectivity index (χ0v) is 7.55. The molecule has 2 aliphatic rings. The van der Waals surface area contributed by atoms with Crippen LogP contribution in [0.25, 0.3) is 0 Å². The molecule has 0 aromatic rings. The highest BCUT2D eigenvalue weighted by atomic mass is 16.5. The largest absolute Gasteiger partial charge is 0.479 e. The van der Waals surface area contributed by atoms with Crippen molar-refractivity contribution >= 4 is 5.90 Å². The molecule has 0 radical (unpaired) electrons. The van der Waals surface area contributed by atoms with Crippen molar-refractivity contribution in [3.8, 4) is 0 Å². The van der Waals surface area contributed by atoms with Crippen molar-refractivity contribution < 1.29 is 4.74 Å². The summed E-state index contributed by atoms with van der Waals surface area (Å²) in [6.07, 6.45) is 2.47. The molecule has 0 saturated carbocycles. The van der Waals surface area contributed by atoms with Gasteiger partial charge in [0, 0.05) is 18.5 Å². The van der Waals surface area contributed by atoms with Crippen molar-refractivity contribution in [2.45, 2.75) is 25.8 Å². The quantitative estimate of drug-likeness (QED) is 0.628. The first-order valence-electron chi connectivity index (χ1n) is 4.77. The third-order valence-electron chi connectivity index (χ3n) is 2.62. The molecule has 12 heavy (non-hydrogen) atoms. The molecular weight excluding hydrogens is 152 g/mol. The number of hydrogen-bond acceptors (Lipinski definition) is 3. The maximum absolute atomic E-state index is 5.44. The molecule has 2 aliphatic heterocycles. The summed E-state index contributed by atoms with van der Waals surface area (Å²) in [5.41, 5.74) is 0. The summed E-state index contributed by atoms with van der Waals surface area (Å²) in [6.45, 7) is 4.93. The van der Waals surface area contributed by atoms with Gasteiger partial charge in [-0.1, -0.05) is 0 Å². The van der Waals surface area contributed by atoms with E-state index < -0.39 is 0 Å². The normalized spacial score (nSPS) is 35.9. The molecule has 1 fully saturated rings. The predicted molar refractivity (Wildman–Crippen MR) is 48.4 cm³/mol. The summed E-state index contributed by atoms with van der Waals surface area (Å²) in [4.78, 5) is 4.34. The zero-order chi connectivity index (χ0) is 8.39. The Bertz CT molecular complexity index is 183. The van der Waals surface area contributed by atoms with Crippen LogP contribution in [0.1, 0.15) is 19.8 Å². The van der Waals surface area contributed by atoms with Crippen molar-refractivity contribution in [2.24, 2.45) is 10.9 Å². The van der Waals surface area contributed by atoms with Gasteiger partial charge in [0.25, 0.3) is 0 Å². The molecule has 0 spiro atoms. The summed E-state index contributed by atoms with van der Waals surface area (Å²) in [5, 5.41) is 3.45. The second-order valence-corrected chi connectivity index (χ2v) is 3.65. The van der Waals surface area contributed by atoms with Gasteiger partial charge in [-0.25, -0.2) is 0 Å². The lowest BCUT2D eigenvalue weighted by atomic mass is 9.95. The van der Waals surface area contributed by atoms with Gasteiger partial charge < -0.3 is 10.1 Å². The number of ether oxygens (including phenoxy) is 1. The Kier molecular flexibility index (Phi) is 2.30. The van der Waals surface area contributed by atoms with E-state index in [1.54, 1.807) is 0 Å². The van der Waals surface area contributed by atoms with E-state index >= 15 is 0 Å². The number of nitrogens with one attached hydrogen (secondary N) is 1. The van der Waals surface area contributed by atoms with Crippen LogP contribution < -0.4 is 5.32 Å². The Labute approximate surface area is 73.2 Å². The average Bonchev–Trinajstić information content (AvgIpc) is 2.58. The monoisotopic (exact) mass is 168 g/mol. The summed E-state index contributed by atoms with van der Waals surface area (Å²) in [6, 6.07) is 0.670. The number of rotatable bonds is 1. The van der Waals surface area contributed by atoms with E-state index in [0.717, 1.165) is 25.6 Å². The van der Waals surface area contributed by atoms with E-state index in [1.807, 2.05) is 0 Å². The minimum Gasteiger partial charge on any atom is -0.479 e. The Hall–Kier alpha value is -0.570. The fourth-order valence-corrected chi connectivity index (χ4v) is 1.81. The van der Waals surface area contributed by atoms with Crippen molar-refractivity contribution in [3.05, 3.63) is 0 Å². The highest BCUT2D eigenvalue weighted by Crippen LogP contribution is 2.18. The van der Waals surface area contributed by atoms with Gasteiger partial charge >= 0.3 is 0 Å². The SMILES string of the molecule is C[C@@H]1CCC(C2=NCCO2)CN1. The molecule has 0 aliphatic carbocycles. The number of piperidine rings is 1. The van der Waals surface area contributed by atoms with Crippen LogP contribution in [0.5, 0.6) is 0 Å². The summed E-state index contributed by atoms with van der Waals surface area (Å²) in [5.74, 6) is 1.54. The molecule has 1 saturated heterocycles. The molecule has 2 rings (SSSR count). The maximum atomic E-state index is 5.44. The van der Waals surface area contributed by atoms with Crippen LogP contribution >= 0.6 is 0 Å². The van der Waals surface area contributed by atoms with Crippen LogP contribution in [0.2, 0.25) is 0 Å². The highest BCUT2D eigenvalue weighted by Gasteiger charge is 2.24. The van der Waals surface area contributed by atoms with Crippen LogP contribution in [0, 0.1) is 5.92 Å². The van der Waals surface area contributed by atoms with E-state index in [-0.39, 0.29) is 0 Å². The third-order valence-corrected chi connectivity index (χ3v) is 2.62. The molecule has 2 heterocycles. The summed E-state index contributed by atoms with van der Waals surface area (Å²) < 4.78 is 5.44. The first kappa shape index (κ1) is 8.05. The van der Waals surface area contributed by atoms with Gasteiger partial charge in [0.15, 0.2) is 5.90 Å². The molecule has 1 N–H and O–H groups in total. The minimum absolute atomic E-state index is 0.545. The molecule has 68 valence electrons. The van der Waals surface area contributed by atoms with Gasteiger partial charge in [0.1, 0.15) is 6.61 Å².